The molecule has 2 N–H and O–H groups in total. The van der Waals surface area contributed by atoms with Crippen LogP contribution in [0.4, 0.5) is 0 Å². The Balaban J connectivity index is 1.31. The Bertz CT molecular complexity index is 1050. The van der Waals surface area contributed by atoms with Gasteiger partial charge < -0.3 is 10.3 Å². The van der Waals surface area contributed by atoms with Crippen molar-refractivity contribution >= 4 is 22.6 Å². The highest BCUT2D eigenvalue weighted by molar-refractivity contribution is 5.96. The number of nitrogens with one attached hydrogen (secondary N) is 2. The van der Waals surface area contributed by atoms with Gasteiger partial charge in [0.05, 0.1) is 0 Å². The molecule has 2 heterocycles. The molecule has 4 rings (SSSR count). The van der Waals surface area contributed by atoms with Crippen LogP contribution in [0.1, 0.15) is 62.9 Å². The average Bonchev–Trinajstić information content (AvgIpc) is 3.45. The summed E-state index contributed by atoms with van der Waals surface area (Å²) >= 11 is 0. The van der Waals surface area contributed by atoms with E-state index in [2.05, 4.69) is 39.6 Å². The number of fused-ring (bicyclic) bond motifs is 1. The van der Waals surface area contributed by atoms with Gasteiger partial charge in [0.15, 0.2) is 5.78 Å². The molecule has 1 saturated carbocycles. The molecule has 1 aromatic carbocycles. The zero-order valence-corrected chi connectivity index (χ0v) is 18.4. The van der Waals surface area contributed by atoms with Crippen molar-refractivity contribution in [1.82, 2.24) is 15.3 Å². The van der Waals surface area contributed by atoms with Crippen LogP contribution in [-0.2, 0) is 4.79 Å². The molecule has 5 heteroatoms. The Kier molecular flexibility index (Phi) is 6.50. The number of carbonyl (C=O) groups is 2. The van der Waals surface area contributed by atoms with Gasteiger partial charge in [-0.2, -0.15) is 0 Å². The summed E-state index contributed by atoms with van der Waals surface area (Å²) in [5, 5.41) is 4.27. The molecule has 0 radical (unpaired) electrons. The summed E-state index contributed by atoms with van der Waals surface area (Å²) in [5.41, 5.74) is 3.76. The van der Waals surface area contributed by atoms with Crippen LogP contribution in [0.15, 0.2) is 48.8 Å². The number of carbonyl (C=O) groups excluding carboxylic acids is 2. The molecule has 3 atom stereocenters. The van der Waals surface area contributed by atoms with Crippen molar-refractivity contribution in [3.05, 3.63) is 54.5 Å². The minimum atomic E-state index is -0.0427. The highest BCUT2D eigenvalue weighted by Crippen LogP contribution is 2.31. The number of ketones is 1. The van der Waals surface area contributed by atoms with Gasteiger partial charge in [-0.25, -0.2) is 0 Å². The van der Waals surface area contributed by atoms with Gasteiger partial charge in [-0.15, -0.1) is 0 Å². The summed E-state index contributed by atoms with van der Waals surface area (Å²) in [6.07, 6.45) is 9.38. The van der Waals surface area contributed by atoms with Gasteiger partial charge in [-0.3, -0.25) is 14.6 Å². The molecule has 0 saturated heterocycles. The molecule has 1 amide bonds. The number of aromatic amines is 1. The lowest BCUT2D eigenvalue weighted by Gasteiger charge is -2.15. The number of rotatable bonds is 8. The standard InChI is InChI=1S/C26H31N3O2/c1-3-25(30)29-22-9-6-18(14-22)5-4-17(2)26(31)24-11-8-21(16-28-24)19-7-10-23-20(15-19)12-13-27-23/h7-8,10-13,15-18,22,27H,3-6,9,14H2,1-2H3,(H,29,30). The Labute approximate surface area is 183 Å². The third kappa shape index (κ3) is 5.04. The molecular weight excluding hydrogens is 386 g/mol. The van der Waals surface area contributed by atoms with E-state index in [1.54, 1.807) is 6.20 Å². The smallest absolute Gasteiger partial charge is 0.219 e. The molecule has 3 unspecified atom stereocenters. The first kappa shape index (κ1) is 21.3. The van der Waals surface area contributed by atoms with E-state index >= 15 is 0 Å². The van der Waals surface area contributed by atoms with E-state index in [4.69, 9.17) is 0 Å². The summed E-state index contributed by atoms with van der Waals surface area (Å²) in [5.74, 6) is 0.799. The van der Waals surface area contributed by atoms with Gasteiger partial charge in [-0.1, -0.05) is 26.0 Å². The van der Waals surface area contributed by atoms with Crippen molar-refractivity contribution in [2.75, 3.05) is 0 Å². The SMILES string of the molecule is CCC(=O)NC1CCC(CCC(C)C(=O)c2ccc(-c3ccc4[nH]ccc4c3)cn2)C1. The van der Waals surface area contributed by atoms with E-state index in [0.29, 0.717) is 24.1 Å². The summed E-state index contributed by atoms with van der Waals surface area (Å²) in [6, 6.07) is 12.5. The second-order valence-corrected chi connectivity index (χ2v) is 8.85. The number of nitrogens with zero attached hydrogens (tertiary/aromatic N) is 1. The number of hydrogen-bond acceptors (Lipinski definition) is 3. The molecular formula is C26H31N3O2. The van der Waals surface area contributed by atoms with E-state index in [0.717, 1.165) is 54.1 Å². The van der Waals surface area contributed by atoms with Gasteiger partial charge in [0.1, 0.15) is 5.69 Å². The zero-order valence-electron chi connectivity index (χ0n) is 18.4. The lowest BCUT2D eigenvalue weighted by atomic mass is 9.91. The number of benzene rings is 1. The lowest BCUT2D eigenvalue weighted by molar-refractivity contribution is -0.121. The van der Waals surface area contributed by atoms with E-state index in [-0.39, 0.29) is 17.6 Å². The zero-order chi connectivity index (χ0) is 21.8. The van der Waals surface area contributed by atoms with Crippen molar-refractivity contribution in [3.8, 4) is 11.1 Å². The molecule has 1 aliphatic rings. The van der Waals surface area contributed by atoms with Crippen molar-refractivity contribution < 1.29 is 9.59 Å². The Morgan fingerprint density at radius 3 is 2.77 bits per heavy atom. The number of amides is 1. The quantitative estimate of drug-likeness (QED) is 0.474. The minimum Gasteiger partial charge on any atom is -0.361 e. The molecule has 3 aromatic rings. The molecule has 5 nitrogen and oxygen atoms in total. The average molecular weight is 418 g/mol. The molecule has 31 heavy (non-hydrogen) atoms. The van der Waals surface area contributed by atoms with Crippen LogP contribution in [0.5, 0.6) is 0 Å². The number of pyridine rings is 1. The maximum Gasteiger partial charge on any atom is 0.219 e. The van der Waals surface area contributed by atoms with Crippen LogP contribution in [0.25, 0.3) is 22.0 Å². The van der Waals surface area contributed by atoms with Crippen molar-refractivity contribution in [2.45, 2.75) is 58.4 Å². The Hall–Kier alpha value is -2.95. The summed E-state index contributed by atoms with van der Waals surface area (Å²) in [6.45, 7) is 3.89. The van der Waals surface area contributed by atoms with E-state index in [1.165, 1.54) is 0 Å². The Morgan fingerprint density at radius 2 is 2.00 bits per heavy atom. The minimum absolute atomic E-state index is 0.0427. The number of H-pyrrole nitrogens is 1. The topological polar surface area (TPSA) is 74.8 Å². The van der Waals surface area contributed by atoms with Crippen molar-refractivity contribution in [3.63, 3.8) is 0 Å². The van der Waals surface area contributed by atoms with Crippen LogP contribution in [0.2, 0.25) is 0 Å². The van der Waals surface area contributed by atoms with E-state index in [1.807, 2.05) is 32.2 Å². The Morgan fingerprint density at radius 1 is 1.16 bits per heavy atom. The summed E-state index contributed by atoms with van der Waals surface area (Å²) in [4.78, 5) is 32.1. The van der Waals surface area contributed by atoms with Crippen LogP contribution < -0.4 is 5.32 Å². The first-order valence-electron chi connectivity index (χ1n) is 11.4. The molecule has 162 valence electrons. The first-order valence-corrected chi connectivity index (χ1v) is 11.4. The number of Topliss-reactive ketones (excluding diaryl/α,β-unsaturated/α-hetero) is 1. The predicted molar refractivity (Wildman–Crippen MR) is 124 cm³/mol. The largest absolute Gasteiger partial charge is 0.361 e. The van der Waals surface area contributed by atoms with Crippen LogP contribution in [0.3, 0.4) is 0 Å². The van der Waals surface area contributed by atoms with Gasteiger partial charge >= 0.3 is 0 Å². The molecule has 0 spiro atoms. The van der Waals surface area contributed by atoms with Crippen LogP contribution in [0, 0.1) is 11.8 Å². The monoisotopic (exact) mass is 417 g/mol. The van der Waals surface area contributed by atoms with E-state index in [9.17, 15) is 9.59 Å². The molecule has 2 aromatic heterocycles. The molecule has 1 aliphatic carbocycles. The van der Waals surface area contributed by atoms with E-state index < -0.39 is 0 Å². The number of hydrogen-bond donors (Lipinski definition) is 2. The van der Waals surface area contributed by atoms with Gasteiger partial charge in [0, 0.05) is 41.9 Å². The fraction of sp³-hybridized carbons (Fsp3) is 0.423. The van der Waals surface area contributed by atoms with Crippen LogP contribution >= 0.6 is 0 Å². The highest BCUT2D eigenvalue weighted by atomic mass is 16.1. The summed E-state index contributed by atoms with van der Waals surface area (Å²) in [7, 11) is 0. The molecule has 1 fully saturated rings. The fourth-order valence-corrected chi connectivity index (χ4v) is 4.61. The highest BCUT2D eigenvalue weighted by Gasteiger charge is 2.26. The maximum absolute atomic E-state index is 12.9. The van der Waals surface area contributed by atoms with Gasteiger partial charge in [-0.05, 0) is 73.2 Å². The fourth-order valence-electron chi connectivity index (χ4n) is 4.61. The van der Waals surface area contributed by atoms with Crippen molar-refractivity contribution in [2.24, 2.45) is 11.8 Å². The molecule has 0 bridgehead atoms. The second kappa shape index (κ2) is 9.46. The van der Waals surface area contributed by atoms with Crippen LogP contribution in [-0.4, -0.2) is 27.7 Å². The molecule has 0 aliphatic heterocycles. The third-order valence-corrected chi connectivity index (χ3v) is 6.59. The van der Waals surface area contributed by atoms with Crippen molar-refractivity contribution in [1.29, 1.82) is 0 Å². The predicted octanol–water partition coefficient (Wildman–Crippen LogP) is 5.52. The normalized spacial score (nSPS) is 19.4. The maximum atomic E-state index is 12.9. The third-order valence-electron chi connectivity index (χ3n) is 6.59. The van der Waals surface area contributed by atoms with Gasteiger partial charge in [0.25, 0.3) is 0 Å². The second-order valence-electron chi connectivity index (χ2n) is 8.85. The summed E-state index contributed by atoms with van der Waals surface area (Å²) < 4.78 is 0. The lowest BCUT2D eigenvalue weighted by Crippen LogP contribution is -2.32. The number of aromatic nitrogens is 2. The van der Waals surface area contributed by atoms with Gasteiger partial charge in [0.2, 0.25) is 5.91 Å². The first-order chi connectivity index (χ1) is 15.0.